The summed E-state index contributed by atoms with van der Waals surface area (Å²) in [6.45, 7) is 55.1. The maximum Gasteiger partial charge on any atom is 3.00 e. The van der Waals surface area contributed by atoms with Gasteiger partial charge in [0.1, 0.15) is 0 Å². The third kappa shape index (κ3) is 77.1. The van der Waals surface area contributed by atoms with Crippen LogP contribution in [-0.2, 0) is 33.6 Å². The van der Waals surface area contributed by atoms with Crippen molar-refractivity contribution in [1.82, 2.24) is 0 Å². The molecular weight excluding hydrogens is 687 g/mol. The molecule has 0 bridgehead atoms. The van der Waals surface area contributed by atoms with Gasteiger partial charge in [-0.2, -0.15) is 0 Å². The second kappa shape index (κ2) is 19.8. The largest absolute Gasteiger partial charge is 3.00 e. The fourth-order valence-corrected chi connectivity index (χ4v) is 36.2. The van der Waals surface area contributed by atoms with Crippen LogP contribution in [0.4, 0.5) is 0 Å². The fraction of sp³-hybridized carbons (Fsp3) is 1.00. The Hall–Kier alpha value is 2.59. The summed E-state index contributed by atoms with van der Waals surface area (Å²) >= 11 is 0. The Morgan fingerprint density at radius 3 is 0.237 bits per heavy atom. The summed E-state index contributed by atoms with van der Waals surface area (Å²) in [7, 11) is -8.85. The molecule has 0 aromatic carbocycles. The Balaban J connectivity index is -0.0000000883. The Kier molecular flexibility index (Phi) is 27.7. The molecule has 0 heterocycles. The van der Waals surface area contributed by atoms with E-state index in [0.29, 0.717) is 0 Å². The number of hydrogen-bond acceptors (Lipinski definition) is 0. The van der Waals surface area contributed by atoms with Gasteiger partial charge < -0.3 is 18.6 Å². The molecule has 0 atom stereocenters. The van der Waals surface area contributed by atoms with Crippen LogP contribution >= 0.6 is 0 Å². The van der Waals surface area contributed by atoms with Gasteiger partial charge in [0.25, 0.3) is 0 Å². The van der Waals surface area contributed by atoms with Gasteiger partial charge in [0.2, 0.25) is 0 Å². The van der Waals surface area contributed by atoms with Gasteiger partial charge in [0, 0.05) is 0 Å². The van der Waals surface area contributed by atoms with Crippen LogP contribution in [0.1, 0.15) is 0 Å². The second-order valence-electron chi connectivity index (χ2n) is 17.8. The van der Waals surface area contributed by atoms with Crippen LogP contribution in [-0.4, -0.2) is 65.9 Å². The smallest absolute Gasteiger partial charge is 0.668 e. The van der Waals surface area contributed by atoms with Gasteiger partial charge in [-0.1, -0.05) is 223 Å². The maximum absolute atomic E-state index is 4.82. The molecule has 0 aromatic rings. The van der Waals surface area contributed by atoms with Gasteiger partial charge in [-0.3, -0.25) is 0 Å². The summed E-state index contributed by atoms with van der Waals surface area (Å²) in [5.41, 5.74) is 0. The molecule has 0 saturated heterocycles. The van der Waals surface area contributed by atoms with Crippen LogP contribution in [0.2, 0.25) is 157 Å². The van der Waals surface area contributed by atoms with Crippen LogP contribution in [0.25, 0.3) is 18.6 Å². The second-order valence-corrected chi connectivity index (χ2v) is 56.1. The topological polar surface area (TPSA) is 56.4 Å². The summed E-state index contributed by atoms with van der Waals surface area (Å²) in [6.07, 6.45) is 0. The molecule has 0 rings (SSSR count). The van der Waals surface area contributed by atoms with Gasteiger partial charge in [-0.25, -0.2) is 0 Å². The van der Waals surface area contributed by atoms with Gasteiger partial charge in [0.15, 0.2) is 0 Å². The fourth-order valence-electron chi connectivity index (χ4n) is 4.02. The first-order valence-corrected chi connectivity index (χ1v) is 41.4. The first kappa shape index (κ1) is 53.2. The van der Waals surface area contributed by atoms with Crippen molar-refractivity contribution in [2.45, 2.75) is 157 Å². The van der Waals surface area contributed by atoms with Crippen molar-refractivity contribution in [1.29, 1.82) is 0 Å². The molecule has 0 aliphatic carbocycles. The summed E-state index contributed by atoms with van der Waals surface area (Å²) < 4.78 is 19.3. The van der Waals surface area contributed by atoms with E-state index in [0.717, 1.165) is 0 Å². The van der Waals surface area contributed by atoms with Crippen LogP contribution in [0.3, 0.4) is 0 Å². The first-order chi connectivity index (χ1) is 14.8. The summed E-state index contributed by atoms with van der Waals surface area (Å²) in [5.74, 6) is 0. The number of rotatable bonds is 8. The number of hydrogen-bond donors (Lipinski definition) is 0. The van der Waals surface area contributed by atoms with Crippen LogP contribution in [0, 0.1) is 0 Å². The molecule has 236 valence electrons. The molecule has 0 spiro atoms. The van der Waals surface area contributed by atoms with Gasteiger partial charge >= 0.3 is 33.6 Å². The number of nitrogens with zero attached hydrogens (tertiary/aromatic N) is 4. The summed E-state index contributed by atoms with van der Waals surface area (Å²) in [5, 5.41) is 0. The standard InChI is InChI=1S/4C6H18NSi2.2Co/c4*1-8(2,3)7-9(4,5)6;;/h4*1-6H3;;/q4*-1;2*+3. The SMILES string of the molecule is C[Si](C)(C)[N-][Si](C)(C)C.C[Si](C)(C)[N-][Si](C)(C)C.C[Si](C)(C)[N-][Si](C)(C)C.C[Si](C)(C)[N-][Si](C)(C)C.[Co+3].[Co+3]. The average molecular weight is 759 g/mol. The maximum atomic E-state index is 4.82. The average Bonchev–Trinajstić information content (AvgIpc) is 2.19. The van der Waals surface area contributed by atoms with E-state index < -0.39 is 65.9 Å². The van der Waals surface area contributed by atoms with Crippen molar-refractivity contribution in [3.8, 4) is 0 Å². The van der Waals surface area contributed by atoms with E-state index in [1.807, 2.05) is 0 Å². The molecule has 0 aromatic heterocycles. The minimum Gasteiger partial charge on any atom is -0.668 e. The molecule has 0 aliphatic heterocycles. The zero-order valence-corrected chi connectivity index (χ0v) is 40.5. The molecule has 0 saturated carbocycles. The molecule has 0 amide bonds. The van der Waals surface area contributed by atoms with E-state index in [4.69, 9.17) is 18.6 Å². The molecule has 38 heavy (non-hydrogen) atoms. The van der Waals surface area contributed by atoms with Crippen molar-refractivity contribution in [2.75, 3.05) is 0 Å². The van der Waals surface area contributed by atoms with E-state index in [1.54, 1.807) is 0 Å². The zero-order chi connectivity index (χ0) is 30.8. The molecule has 0 N–H and O–H groups in total. The van der Waals surface area contributed by atoms with Crippen molar-refractivity contribution in [3.05, 3.63) is 18.6 Å². The van der Waals surface area contributed by atoms with E-state index in [2.05, 4.69) is 157 Å². The molecule has 0 fully saturated rings. The predicted octanol–water partition coefficient (Wildman–Crippen LogP) is 12.1. The minimum atomic E-state index is -1.11. The van der Waals surface area contributed by atoms with Gasteiger partial charge in [-0.15, -0.1) is 0 Å². The van der Waals surface area contributed by atoms with Gasteiger partial charge in [0.05, 0.1) is 0 Å². The third-order valence-corrected chi connectivity index (χ3v) is 24.1. The summed E-state index contributed by atoms with van der Waals surface area (Å²) in [6, 6.07) is 0. The normalized spacial score (nSPS) is 13.3. The Labute approximate surface area is 273 Å². The zero-order valence-electron chi connectivity index (χ0n) is 30.5. The van der Waals surface area contributed by atoms with Gasteiger partial charge in [-0.05, 0) is 0 Å². The van der Waals surface area contributed by atoms with Crippen molar-refractivity contribution < 1.29 is 33.6 Å². The third-order valence-electron chi connectivity index (χ3n) is 2.68. The molecule has 4 nitrogen and oxygen atoms in total. The first-order valence-electron chi connectivity index (χ1n) is 13.8. The molecule has 14 heteroatoms. The Bertz CT molecular complexity index is 420. The van der Waals surface area contributed by atoms with E-state index in [1.165, 1.54) is 0 Å². The molecular formula is C24H72Co2N4Si8+2. The van der Waals surface area contributed by atoms with Crippen LogP contribution in [0.5, 0.6) is 0 Å². The predicted molar refractivity (Wildman–Crippen MR) is 200 cm³/mol. The van der Waals surface area contributed by atoms with Crippen molar-refractivity contribution in [2.24, 2.45) is 0 Å². The molecule has 0 unspecified atom stereocenters. The summed E-state index contributed by atoms with van der Waals surface area (Å²) in [4.78, 5) is 0. The van der Waals surface area contributed by atoms with Crippen LogP contribution < -0.4 is 0 Å². The van der Waals surface area contributed by atoms with E-state index in [-0.39, 0.29) is 33.6 Å². The van der Waals surface area contributed by atoms with Crippen LogP contribution in [0.15, 0.2) is 0 Å². The van der Waals surface area contributed by atoms with E-state index >= 15 is 0 Å². The Morgan fingerprint density at radius 1 is 0.184 bits per heavy atom. The molecule has 0 radical (unpaired) electrons. The molecule has 0 aliphatic rings. The Morgan fingerprint density at radius 2 is 0.237 bits per heavy atom. The van der Waals surface area contributed by atoms with Crippen molar-refractivity contribution >= 4 is 65.9 Å². The quantitative estimate of drug-likeness (QED) is 0.221. The minimum absolute atomic E-state index is 0. The van der Waals surface area contributed by atoms with E-state index in [9.17, 15) is 0 Å². The monoisotopic (exact) mass is 758 g/mol. The van der Waals surface area contributed by atoms with Crippen molar-refractivity contribution in [3.63, 3.8) is 0 Å².